The predicted molar refractivity (Wildman–Crippen MR) is 109 cm³/mol. The van der Waals surface area contributed by atoms with Crippen molar-refractivity contribution in [3.05, 3.63) is 59.7 Å². The number of nitrogens with zero attached hydrogens (tertiary/aromatic N) is 1. The van der Waals surface area contributed by atoms with Crippen molar-refractivity contribution in [2.75, 3.05) is 31.8 Å². The van der Waals surface area contributed by atoms with E-state index in [1.54, 1.807) is 50.1 Å². The number of amides is 2. The minimum absolute atomic E-state index is 0.0660. The highest BCUT2D eigenvalue weighted by atomic mass is 32.2. The zero-order valence-corrected chi connectivity index (χ0v) is 16.4. The lowest BCUT2D eigenvalue weighted by Gasteiger charge is -2.13. The predicted octanol–water partition coefficient (Wildman–Crippen LogP) is 3.91. The number of rotatable bonds is 6. The van der Waals surface area contributed by atoms with Crippen LogP contribution in [0.2, 0.25) is 0 Å². The Morgan fingerprint density at radius 1 is 1.15 bits per heavy atom. The quantitative estimate of drug-likeness (QED) is 0.767. The minimum atomic E-state index is -0.155. The molecule has 2 aromatic rings. The van der Waals surface area contributed by atoms with E-state index in [4.69, 9.17) is 4.74 Å². The fourth-order valence-corrected chi connectivity index (χ4v) is 4.01. The molecule has 1 aliphatic rings. The number of hydrogen-bond donors (Lipinski definition) is 1. The molecule has 5 nitrogen and oxygen atoms in total. The molecule has 1 N–H and O–H groups in total. The highest BCUT2D eigenvalue weighted by Gasteiger charge is 2.18. The van der Waals surface area contributed by atoms with E-state index in [9.17, 15) is 9.59 Å². The molecule has 0 radical (unpaired) electrons. The Morgan fingerprint density at radius 2 is 1.89 bits per heavy atom. The lowest BCUT2D eigenvalue weighted by Crippen LogP contribution is -2.21. The van der Waals surface area contributed by atoms with E-state index in [1.165, 1.54) is 4.90 Å². The number of hydrogen-bond acceptors (Lipinski definition) is 4. The second-order valence-electron chi connectivity index (χ2n) is 6.67. The van der Waals surface area contributed by atoms with Gasteiger partial charge in [0.15, 0.2) is 0 Å². The van der Waals surface area contributed by atoms with E-state index in [0.29, 0.717) is 16.8 Å². The first-order chi connectivity index (χ1) is 13.0. The average molecular weight is 385 g/mol. The van der Waals surface area contributed by atoms with Crippen LogP contribution in [0.15, 0.2) is 53.4 Å². The van der Waals surface area contributed by atoms with Crippen LogP contribution in [0, 0.1) is 0 Å². The van der Waals surface area contributed by atoms with Crippen molar-refractivity contribution >= 4 is 29.3 Å². The summed E-state index contributed by atoms with van der Waals surface area (Å²) in [6.45, 7) is 0.833. The fourth-order valence-electron chi connectivity index (χ4n) is 2.89. The lowest BCUT2D eigenvalue weighted by molar-refractivity contribution is 0.0827. The van der Waals surface area contributed by atoms with Gasteiger partial charge in [-0.15, -0.1) is 11.8 Å². The Bertz CT molecular complexity index is 799. The summed E-state index contributed by atoms with van der Waals surface area (Å²) in [5.41, 5.74) is 1.90. The second-order valence-corrected chi connectivity index (χ2v) is 7.74. The Hall–Kier alpha value is -2.31. The summed E-state index contributed by atoms with van der Waals surface area (Å²) >= 11 is 1.66. The molecule has 2 amide bonds. The molecule has 1 aliphatic heterocycles. The van der Waals surface area contributed by atoms with Crippen LogP contribution in [0.4, 0.5) is 5.69 Å². The number of anilines is 1. The summed E-state index contributed by atoms with van der Waals surface area (Å²) in [7, 11) is 3.42. The zero-order chi connectivity index (χ0) is 19.2. The van der Waals surface area contributed by atoms with E-state index in [-0.39, 0.29) is 17.9 Å². The molecule has 6 heteroatoms. The standard InChI is InChI=1S/C21H24N2O3S/c1-23(2)21(25)15-9-11-16(12-10-15)22-20(24)18-7-3-4-8-19(18)27-14-17-6-5-13-26-17/h3-4,7-12,17H,5-6,13-14H2,1-2H3,(H,22,24). The first kappa shape index (κ1) is 19.5. The minimum Gasteiger partial charge on any atom is -0.377 e. The molecular weight excluding hydrogens is 360 g/mol. The number of benzene rings is 2. The van der Waals surface area contributed by atoms with Gasteiger partial charge in [0.1, 0.15) is 0 Å². The van der Waals surface area contributed by atoms with Crippen LogP contribution in [0.25, 0.3) is 0 Å². The van der Waals surface area contributed by atoms with Gasteiger partial charge in [0.05, 0.1) is 11.7 Å². The van der Waals surface area contributed by atoms with E-state index < -0.39 is 0 Å². The fraction of sp³-hybridized carbons (Fsp3) is 0.333. The number of ether oxygens (including phenoxy) is 1. The maximum atomic E-state index is 12.7. The van der Waals surface area contributed by atoms with Crippen molar-refractivity contribution in [2.24, 2.45) is 0 Å². The van der Waals surface area contributed by atoms with Gasteiger partial charge in [-0.25, -0.2) is 0 Å². The molecule has 1 atom stereocenters. The SMILES string of the molecule is CN(C)C(=O)c1ccc(NC(=O)c2ccccc2SCC2CCCO2)cc1. The Morgan fingerprint density at radius 3 is 2.56 bits per heavy atom. The molecule has 0 aromatic heterocycles. The summed E-state index contributed by atoms with van der Waals surface area (Å²) in [6.07, 6.45) is 2.46. The van der Waals surface area contributed by atoms with Gasteiger partial charge in [0.25, 0.3) is 11.8 Å². The van der Waals surface area contributed by atoms with Gasteiger partial charge < -0.3 is 15.0 Å². The van der Waals surface area contributed by atoms with Gasteiger partial charge in [0.2, 0.25) is 0 Å². The summed E-state index contributed by atoms with van der Waals surface area (Å²) in [5.74, 6) is 0.631. The van der Waals surface area contributed by atoms with Crippen molar-refractivity contribution in [2.45, 2.75) is 23.8 Å². The third-order valence-electron chi connectivity index (χ3n) is 4.38. The van der Waals surface area contributed by atoms with Gasteiger partial charge in [-0.05, 0) is 49.2 Å². The van der Waals surface area contributed by atoms with Gasteiger partial charge in [0, 0.05) is 42.6 Å². The van der Waals surface area contributed by atoms with Crippen molar-refractivity contribution in [3.8, 4) is 0 Å². The molecule has 1 fully saturated rings. The largest absolute Gasteiger partial charge is 0.377 e. The normalized spacial score (nSPS) is 16.1. The molecule has 0 spiro atoms. The van der Waals surface area contributed by atoms with Crippen molar-refractivity contribution in [3.63, 3.8) is 0 Å². The summed E-state index contributed by atoms with van der Waals surface area (Å²) < 4.78 is 5.67. The second kappa shape index (κ2) is 9.06. The van der Waals surface area contributed by atoms with Crippen molar-refractivity contribution in [1.82, 2.24) is 4.90 Å². The van der Waals surface area contributed by atoms with E-state index in [1.807, 2.05) is 24.3 Å². The van der Waals surface area contributed by atoms with Gasteiger partial charge in [-0.1, -0.05) is 12.1 Å². The Labute approximate surface area is 164 Å². The maximum Gasteiger partial charge on any atom is 0.256 e. The molecule has 1 saturated heterocycles. The number of carbonyl (C=O) groups is 2. The molecule has 142 valence electrons. The molecule has 1 heterocycles. The summed E-state index contributed by atoms with van der Waals surface area (Å²) in [4.78, 5) is 27.1. The third-order valence-corrected chi connectivity index (χ3v) is 5.58. The molecular formula is C21H24N2O3S. The molecule has 2 aromatic carbocycles. The first-order valence-corrected chi connectivity index (χ1v) is 9.99. The Kier molecular flexibility index (Phi) is 6.53. The molecule has 0 aliphatic carbocycles. The monoisotopic (exact) mass is 384 g/mol. The van der Waals surface area contributed by atoms with Crippen molar-refractivity contribution in [1.29, 1.82) is 0 Å². The van der Waals surface area contributed by atoms with Crippen LogP contribution < -0.4 is 5.32 Å². The first-order valence-electron chi connectivity index (χ1n) is 9.01. The van der Waals surface area contributed by atoms with Crippen LogP contribution >= 0.6 is 11.8 Å². The smallest absolute Gasteiger partial charge is 0.256 e. The van der Waals surface area contributed by atoms with Gasteiger partial charge >= 0.3 is 0 Å². The van der Waals surface area contributed by atoms with Gasteiger partial charge in [-0.3, -0.25) is 9.59 Å². The highest BCUT2D eigenvalue weighted by molar-refractivity contribution is 7.99. The molecule has 1 unspecified atom stereocenters. The molecule has 0 bridgehead atoms. The highest BCUT2D eigenvalue weighted by Crippen LogP contribution is 2.27. The topological polar surface area (TPSA) is 58.6 Å². The third kappa shape index (κ3) is 5.11. The van der Waals surface area contributed by atoms with Crippen LogP contribution in [0.3, 0.4) is 0 Å². The van der Waals surface area contributed by atoms with E-state index in [2.05, 4.69) is 5.32 Å². The van der Waals surface area contributed by atoms with Crippen LogP contribution in [-0.2, 0) is 4.74 Å². The molecule has 0 saturated carbocycles. The molecule has 3 rings (SSSR count). The van der Waals surface area contributed by atoms with Crippen molar-refractivity contribution < 1.29 is 14.3 Å². The van der Waals surface area contributed by atoms with Crippen LogP contribution in [0.5, 0.6) is 0 Å². The van der Waals surface area contributed by atoms with Crippen LogP contribution in [0.1, 0.15) is 33.6 Å². The van der Waals surface area contributed by atoms with E-state index >= 15 is 0 Å². The zero-order valence-electron chi connectivity index (χ0n) is 15.6. The van der Waals surface area contributed by atoms with E-state index in [0.717, 1.165) is 30.1 Å². The number of carbonyl (C=O) groups excluding carboxylic acids is 2. The maximum absolute atomic E-state index is 12.7. The number of nitrogens with one attached hydrogen (secondary N) is 1. The molecule has 27 heavy (non-hydrogen) atoms. The lowest BCUT2D eigenvalue weighted by atomic mass is 10.1. The number of thioether (sulfide) groups is 1. The van der Waals surface area contributed by atoms with Gasteiger partial charge in [-0.2, -0.15) is 0 Å². The summed E-state index contributed by atoms with van der Waals surface area (Å²) in [6, 6.07) is 14.5. The average Bonchev–Trinajstić information content (AvgIpc) is 3.20. The Balaban J connectivity index is 1.66. The summed E-state index contributed by atoms with van der Waals surface area (Å²) in [5, 5.41) is 2.91. The van der Waals surface area contributed by atoms with Crippen LogP contribution in [-0.4, -0.2) is 49.3 Å².